The van der Waals surface area contributed by atoms with E-state index in [0.29, 0.717) is 5.92 Å². The largest absolute Gasteiger partial charge is 0.309 e. The molecule has 0 atom stereocenters. The monoisotopic (exact) mass is 895 g/mol. The van der Waals surface area contributed by atoms with Crippen molar-refractivity contribution < 1.29 is 0 Å². The quantitative estimate of drug-likeness (QED) is 0.140. The predicted molar refractivity (Wildman–Crippen MR) is 296 cm³/mol. The molecule has 11 aromatic carbocycles. The lowest BCUT2D eigenvalue weighted by molar-refractivity contribution is 0.445. The highest BCUT2D eigenvalue weighted by molar-refractivity contribution is 6.10. The maximum absolute atomic E-state index is 2.58. The van der Waals surface area contributed by atoms with Gasteiger partial charge in [0.15, 0.2) is 0 Å². The minimum atomic E-state index is -0.556. The third-order valence-corrected chi connectivity index (χ3v) is 15.5. The first-order valence-electron chi connectivity index (χ1n) is 25.2. The van der Waals surface area contributed by atoms with Crippen LogP contribution in [0.25, 0.3) is 66.1 Å². The van der Waals surface area contributed by atoms with Gasteiger partial charge in [-0.2, -0.15) is 0 Å². The van der Waals surface area contributed by atoms with E-state index < -0.39 is 5.41 Å². The standard InChI is InChI=1S/C69H53N/c1-5-23-48(24-6-1)55-38-19-27-50-29-21-40-61(67(50)55)59-36-14-17-43-65(59)70(66-44-18-15-37-60(66)62-41-22-30-51-28-20-39-56(68(51)62)49-25-7-2-8-26-49)54-45-46-58-57-35-13-16-42-63(57)69(64(58)47-54,52-31-9-3-10-32-52)53-33-11-4-12-34-53/h1,3-6,9-24,27-47,49H,2,7-8,25-26H2. The minimum Gasteiger partial charge on any atom is -0.309 e. The Morgan fingerprint density at radius 3 is 1.43 bits per heavy atom. The van der Waals surface area contributed by atoms with E-state index in [-0.39, 0.29) is 0 Å². The lowest BCUT2D eigenvalue weighted by Crippen LogP contribution is -2.28. The summed E-state index contributed by atoms with van der Waals surface area (Å²) < 4.78 is 0. The summed E-state index contributed by atoms with van der Waals surface area (Å²) in [6.45, 7) is 0. The molecule has 0 bridgehead atoms. The number of hydrogen-bond donors (Lipinski definition) is 0. The van der Waals surface area contributed by atoms with E-state index in [1.165, 1.54) is 126 Å². The van der Waals surface area contributed by atoms with Crippen molar-refractivity contribution in [3.05, 3.63) is 283 Å². The highest BCUT2D eigenvalue weighted by atomic mass is 15.1. The molecule has 0 amide bonds. The van der Waals surface area contributed by atoms with Gasteiger partial charge in [0.05, 0.1) is 16.8 Å². The molecule has 11 aromatic rings. The second-order valence-corrected chi connectivity index (χ2v) is 19.3. The lowest BCUT2D eigenvalue weighted by atomic mass is 9.67. The van der Waals surface area contributed by atoms with Gasteiger partial charge < -0.3 is 4.90 Å². The van der Waals surface area contributed by atoms with Gasteiger partial charge in [-0.1, -0.05) is 250 Å². The van der Waals surface area contributed by atoms with Gasteiger partial charge in [-0.05, 0) is 126 Å². The zero-order valence-electron chi connectivity index (χ0n) is 39.3. The molecule has 0 unspecified atom stereocenters. The highest BCUT2D eigenvalue weighted by Gasteiger charge is 2.46. The number of nitrogens with zero attached hydrogens (tertiary/aromatic N) is 1. The van der Waals surface area contributed by atoms with E-state index in [4.69, 9.17) is 0 Å². The summed E-state index contributed by atoms with van der Waals surface area (Å²) in [6.07, 6.45) is 6.40. The van der Waals surface area contributed by atoms with Crippen LogP contribution in [0, 0.1) is 0 Å². The van der Waals surface area contributed by atoms with Gasteiger partial charge >= 0.3 is 0 Å². The van der Waals surface area contributed by atoms with Crippen LogP contribution in [0.2, 0.25) is 0 Å². The summed E-state index contributed by atoms with van der Waals surface area (Å²) in [6, 6.07) is 95.5. The summed E-state index contributed by atoms with van der Waals surface area (Å²) in [5.74, 6) is 0.551. The number of para-hydroxylation sites is 2. The Morgan fingerprint density at radius 2 is 0.800 bits per heavy atom. The second kappa shape index (κ2) is 17.7. The Hall–Kier alpha value is -8.26. The molecule has 2 aliphatic rings. The molecule has 1 heteroatoms. The number of fused-ring (bicyclic) bond motifs is 5. The van der Waals surface area contributed by atoms with Crippen molar-refractivity contribution in [3.63, 3.8) is 0 Å². The Labute approximate surface area is 412 Å². The second-order valence-electron chi connectivity index (χ2n) is 19.3. The van der Waals surface area contributed by atoms with Crippen molar-refractivity contribution in [1.29, 1.82) is 0 Å². The zero-order chi connectivity index (χ0) is 46.4. The molecule has 0 spiro atoms. The molecule has 1 fully saturated rings. The van der Waals surface area contributed by atoms with Crippen LogP contribution in [0.4, 0.5) is 17.1 Å². The van der Waals surface area contributed by atoms with Crippen molar-refractivity contribution in [2.45, 2.75) is 43.4 Å². The Bertz CT molecular complexity index is 3650. The molecule has 1 saturated carbocycles. The van der Waals surface area contributed by atoms with Gasteiger partial charge in [0.2, 0.25) is 0 Å². The maximum Gasteiger partial charge on any atom is 0.0714 e. The van der Waals surface area contributed by atoms with Gasteiger partial charge in [-0.15, -0.1) is 0 Å². The third-order valence-electron chi connectivity index (χ3n) is 15.5. The molecule has 0 heterocycles. The topological polar surface area (TPSA) is 3.24 Å². The van der Waals surface area contributed by atoms with Gasteiger partial charge in [0.1, 0.15) is 0 Å². The first kappa shape index (κ1) is 41.9. The molecule has 13 rings (SSSR count). The van der Waals surface area contributed by atoms with Gasteiger partial charge in [0.25, 0.3) is 0 Å². The molecule has 2 aliphatic carbocycles. The highest BCUT2D eigenvalue weighted by Crippen LogP contribution is 2.58. The molecule has 0 aromatic heterocycles. The summed E-state index contributed by atoms with van der Waals surface area (Å²) >= 11 is 0. The van der Waals surface area contributed by atoms with Gasteiger partial charge in [-0.3, -0.25) is 0 Å². The fourth-order valence-electron chi connectivity index (χ4n) is 12.5. The van der Waals surface area contributed by atoms with Crippen LogP contribution < -0.4 is 4.90 Å². The average Bonchev–Trinajstić information content (AvgIpc) is 3.74. The number of anilines is 3. The number of benzene rings is 11. The van der Waals surface area contributed by atoms with E-state index in [2.05, 4.69) is 260 Å². The van der Waals surface area contributed by atoms with Crippen molar-refractivity contribution >= 4 is 38.6 Å². The molecule has 0 saturated heterocycles. The van der Waals surface area contributed by atoms with Crippen LogP contribution in [-0.2, 0) is 5.41 Å². The van der Waals surface area contributed by atoms with Crippen molar-refractivity contribution in [3.8, 4) is 44.5 Å². The van der Waals surface area contributed by atoms with Crippen LogP contribution in [0.3, 0.4) is 0 Å². The minimum absolute atomic E-state index is 0.551. The number of hydrogen-bond acceptors (Lipinski definition) is 1. The zero-order valence-corrected chi connectivity index (χ0v) is 39.3. The van der Waals surface area contributed by atoms with Crippen LogP contribution in [0.5, 0.6) is 0 Å². The molecule has 0 radical (unpaired) electrons. The fourth-order valence-corrected chi connectivity index (χ4v) is 12.5. The van der Waals surface area contributed by atoms with E-state index in [0.717, 1.165) is 17.1 Å². The fraction of sp³-hybridized carbons (Fsp3) is 0.101. The maximum atomic E-state index is 2.58. The average molecular weight is 896 g/mol. The van der Waals surface area contributed by atoms with Gasteiger partial charge in [-0.25, -0.2) is 0 Å². The molecule has 1 nitrogen and oxygen atoms in total. The third kappa shape index (κ3) is 6.83. The van der Waals surface area contributed by atoms with Crippen LogP contribution in [0.15, 0.2) is 255 Å². The number of rotatable bonds is 9. The molecule has 0 N–H and O–H groups in total. The Morgan fingerprint density at radius 1 is 0.329 bits per heavy atom. The van der Waals surface area contributed by atoms with E-state index in [1.54, 1.807) is 0 Å². The Kier molecular flexibility index (Phi) is 10.6. The van der Waals surface area contributed by atoms with Crippen LogP contribution in [0.1, 0.15) is 65.8 Å². The summed E-state index contributed by atoms with van der Waals surface area (Å²) in [7, 11) is 0. The Balaban J connectivity index is 1.12. The van der Waals surface area contributed by atoms with Crippen molar-refractivity contribution in [2.75, 3.05) is 4.90 Å². The lowest BCUT2D eigenvalue weighted by Gasteiger charge is -2.35. The molecule has 334 valence electrons. The SMILES string of the molecule is c1ccc(-c2cccc3cccc(-c4ccccc4N(c4ccc5c(c4)C(c4ccccc4)(c4ccccc4)c4ccccc4-5)c4ccccc4-c4cccc5cccc(C6CCCCC6)c45)c23)cc1. The van der Waals surface area contributed by atoms with Crippen LogP contribution >= 0.6 is 0 Å². The first-order valence-corrected chi connectivity index (χ1v) is 25.2. The van der Waals surface area contributed by atoms with E-state index in [9.17, 15) is 0 Å². The van der Waals surface area contributed by atoms with Crippen LogP contribution in [-0.4, -0.2) is 0 Å². The summed E-state index contributed by atoms with van der Waals surface area (Å²) in [4.78, 5) is 2.58. The van der Waals surface area contributed by atoms with Gasteiger partial charge in [0, 0.05) is 16.8 Å². The van der Waals surface area contributed by atoms with E-state index in [1.807, 2.05) is 0 Å². The molecular formula is C69H53N. The van der Waals surface area contributed by atoms with Crippen molar-refractivity contribution in [2.24, 2.45) is 0 Å². The summed E-state index contributed by atoms with van der Waals surface area (Å²) in [5, 5.41) is 5.16. The smallest absolute Gasteiger partial charge is 0.0714 e. The molecule has 70 heavy (non-hydrogen) atoms. The van der Waals surface area contributed by atoms with Crippen molar-refractivity contribution in [1.82, 2.24) is 0 Å². The predicted octanol–water partition coefficient (Wildman–Crippen LogP) is 18.9. The first-order chi connectivity index (χ1) is 34.8. The molecule has 0 aliphatic heterocycles. The van der Waals surface area contributed by atoms with E-state index >= 15 is 0 Å². The summed E-state index contributed by atoms with van der Waals surface area (Å²) in [5.41, 5.74) is 19.3. The molecular weight excluding hydrogens is 843 g/mol. The normalized spacial score (nSPS) is 14.1.